The fourth-order valence-corrected chi connectivity index (χ4v) is 4.03. The molecule has 0 saturated heterocycles. The highest BCUT2D eigenvalue weighted by atomic mass is 16.5. The van der Waals surface area contributed by atoms with Crippen LogP contribution < -0.4 is 10.4 Å². The molecule has 1 atom stereocenters. The van der Waals surface area contributed by atoms with Crippen molar-refractivity contribution in [2.75, 3.05) is 7.11 Å². The number of methoxy groups -OCH3 is 1. The van der Waals surface area contributed by atoms with Crippen LogP contribution in [0.25, 0.3) is 11.0 Å². The van der Waals surface area contributed by atoms with E-state index in [1.807, 2.05) is 26.8 Å². The van der Waals surface area contributed by atoms with Gasteiger partial charge in [0.25, 0.3) is 0 Å². The van der Waals surface area contributed by atoms with Crippen molar-refractivity contribution in [1.29, 1.82) is 0 Å². The molecular weight excluding hydrogens is 432 g/mol. The van der Waals surface area contributed by atoms with Crippen molar-refractivity contribution in [1.82, 2.24) is 0 Å². The van der Waals surface area contributed by atoms with Crippen molar-refractivity contribution in [3.63, 3.8) is 0 Å². The van der Waals surface area contributed by atoms with Crippen LogP contribution >= 0.6 is 0 Å². The van der Waals surface area contributed by atoms with E-state index in [2.05, 4.69) is 19.9 Å². The molecule has 0 amide bonds. The molecule has 0 aliphatic carbocycles. The Hall–Kier alpha value is -2.86. The third-order valence-electron chi connectivity index (χ3n) is 5.81. The zero-order valence-electron chi connectivity index (χ0n) is 21.4. The third kappa shape index (κ3) is 6.38. The van der Waals surface area contributed by atoms with Crippen LogP contribution in [0.5, 0.6) is 11.5 Å². The van der Waals surface area contributed by atoms with Gasteiger partial charge >= 0.3 is 5.63 Å². The van der Waals surface area contributed by atoms with Crippen LogP contribution in [0.1, 0.15) is 94.8 Å². The maximum absolute atomic E-state index is 13.2. The van der Waals surface area contributed by atoms with E-state index in [4.69, 9.17) is 9.15 Å². The number of phenols is 1. The van der Waals surface area contributed by atoms with Gasteiger partial charge in [-0.3, -0.25) is 4.79 Å². The number of rotatable bonds is 11. The lowest BCUT2D eigenvalue weighted by Gasteiger charge is -2.20. The lowest BCUT2D eigenvalue weighted by molar-refractivity contribution is 0.0965. The van der Waals surface area contributed by atoms with E-state index >= 15 is 0 Å². The molecule has 186 valence electrons. The predicted molar refractivity (Wildman–Crippen MR) is 136 cm³/mol. The van der Waals surface area contributed by atoms with E-state index < -0.39 is 11.7 Å². The van der Waals surface area contributed by atoms with Gasteiger partial charge in [0.15, 0.2) is 11.4 Å². The Morgan fingerprint density at radius 1 is 1.21 bits per heavy atom. The molecule has 0 aliphatic heterocycles. The number of carbonyl (C=O) groups excluding carboxylic acids is 1. The molecule has 0 saturated carbocycles. The molecular formula is C28H38O6. The van der Waals surface area contributed by atoms with Crippen molar-refractivity contribution >= 4 is 16.8 Å². The molecule has 1 unspecified atom stereocenters. The Morgan fingerprint density at radius 3 is 2.44 bits per heavy atom. The van der Waals surface area contributed by atoms with Crippen LogP contribution in [0.2, 0.25) is 0 Å². The Labute approximate surface area is 201 Å². The molecule has 6 nitrogen and oxygen atoms in total. The number of ether oxygens (including phenoxy) is 1. The number of allylic oxidation sites excluding steroid dienone is 4. The van der Waals surface area contributed by atoms with Crippen molar-refractivity contribution in [3.05, 3.63) is 56.5 Å². The van der Waals surface area contributed by atoms with Gasteiger partial charge in [0.1, 0.15) is 17.1 Å². The van der Waals surface area contributed by atoms with Gasteiger partial charge in [0.2, 0.25) is 0 Å². The number of phenolic OH excluding ortho intramolecular Hbond substituents is 1. The SMILES string of the molecule is CCC(O)c1cc(=O)oc2c(C(=O)CC(C)C)c(O)c(C/C=C(\C)CCC=C(C)C)c(OC)c12. The van der Waals surface area contributed by atoms with Crippen LogP contribution in [0.4, 0.5) is 0 Å². The van der Waals surface area contributed by atoms with Crippen molar-refractivity contribution < 1.29 is 24.2 Å². The minimum atomic E-state index is -0.952. The molecule has 2 N–H and O–H groups in total. The smallest absolute Gasteiger partial charge is 0.336 e. The number of aliphatic hydroxyl groups excluding tert-OH is 1. The first-order valence-corrected chi connectivity index (χ1v) is 11.9. The molecule has 1 heterocycles. The number of aliphatic hydroxyl groups is 1. The topological polar surface area (TPSA) is 97.0 Å². The van der Waals surface area contributed by atoms with Gasteiger partial charge in [-0.05, 0) is 52.4 Å². The molecule has 0 fully saturated rings. The number of benzene rings is 1. The van der Waals surface area contributed by atoms with Gasteiger partial charge in [0, 0.05) is 23.6 Å². The van der Waals surface area contributed by atoms with Gasteiger partial charge < -0.3 is 19.4 Å². The van der Waals surface area contributed by atoms with Gasteiger partial charge in [-0.2, -0.15) is 0 Å². The maximum Gasteiger partial charge on any atom is 0.336 e. The van der Waals surface area contributed by atoms with E-state index in [0.717, 1.165) is 18.4 Å². The number of aromatic hydroxyl groups is 1. The molecule has 1 aromatic heterocycles. The average Bonchev–Trinajstić information content (AvgIpc) is 2.75. The number of carbonyl (C=O) groups is 1. The maximum atomic E-state index is 13.2. The molecule has 0 spiro atoms. The Balaban J connectivity index is 2.81. The summed E-state index contributed by atoms with van der Waals surface area (Å²) in [4.78, 5) is 25.6. The normalized spacial score (nSPS) is 12.8. The third-order valence-corrected chi connectivity index (χ3v) is 5.81. The number of Topliss-reactive ketones (excluding diaryl/α,β-unsaturated/α-hetero) is 1. The molecule has 2 rings (SSSR count). The summed E-state index contributed by atoms with van der Waals surface area (Å²) in [6.45, 7) is 11.8. The minimum Gasteiger partial charge on any atom is -0.507 e. The Kier molecular flexibility index (Phi) is 9.68. The summed E-state index contributed by atoms with van der Waals surface area (Å²) in [5.41, 5.74) is 2.40. The minimum absolute atomic E-state index is 0.0302. The number of hydrogen-bond acceptors (Lipinski definition) is 6. The van der Waals surface area contributed by atoms with Crippen LogP contribution in [0, 0.1) is 5.92 Å². The molecule has 6 heteroatoms. The van der Waals surface area contributed by atoms with Crippen molar-refractivity contribution in [3.8, 4) is 11.5 Å². The lowest BCUT2D eigenvalue weighted by Crippen LogP contribution is -2.12. The second-order valence-corrected chi connectivity index (χ2v) is 9.48. The summed E-state index contributed by atoms with van der Waals surface area (Å²) in [7, 11) is 1.46. The monoisotopic (exact) mass is 470 g/mol. The number of hydrogen-bond donors (Lipinski definition) is 2. The zero-order valence-corrected chi connectivity index (χ0v) is 21.4. The molecule has 0 radical (unpaired) electrons. The van der Waals surface area contributed by atoms with Crippen LogP contribution in [-0.4, -0.2) is 23.1 Å². The highest BCUT2D eigenvalue weighted by Gasteiger charge is 2.29. The van der Waals surface area contributed by atoms with Gasteiger partial charge in [-0.1, -0.05) is 44.1 Å². The second-order valence-electron chi connectivity index (χ2n) is 9.48. The quantitative estimate of drug-likeness (QED) is 0.224. The van der Waals surface area contributed by atoms with E-state index in [0.29, 0.717) is 35.1 Å². The molecule has 0 bridgehead atoms. The standard InChI is InChI=1S/C28H38O6/c1-8-21(29)20-15-23(31)34-28-24(20)27(33-7)19(13-12-18(6)11-9-10-16(2)3)26(32)25(28)22(30)14-17(4)5/h10,12,15,17,21,29,32H,8-9,11,13-14H2,1-7H3/b18-12+. The van der Waals surface area contributed by atoms with Crippen LogP contribution in [0.3, 0.4) is 0 Å². The second kappa shape index (κ2) is 12.0. The molecule has 2 aromatic rings. The molecule has 1 aromatic carbocycles. The van der Waals surface area contributed by atoms with Crippen LogP contribution in [-0.2, 0) is 6.42 Å². The summed E-state index contributed by atoms with van der Waals surface area (Å²) in [5, 5.41) is 22.3. The number of ketones is 1. The summed E-state index contributed by atoms with van der Waals surface area (Å²) < 4.78 is 11.2. The first kappa shape index (κ1) is 27.4. The van der Waals surface area contributed by atoms with Crippen molar-refractivity contribution in [2.45, 2.75) is 79.8 Å². The summed E-state index contributed by atoms with van der Waals surface area (Å²) in [6.07, 6.45) is 5.88. The summed E-state index contributed by atoms with van der Waals surface area (Å²) in [6, 6.07) is 1.23. The fourth-order valence-electron chi connectivity index (χ4n) is 4.03. The van der Waals surface area contributed by atoms with Gasteiger partial charge in [-0.15, -0.1) is 0 Å². The zero-order chi connectivity index (χ0) is 25.6. The Morgan fingerprint density at radius 2 is 1.88 bits per heavy atom. The lowest BCUT2D eigenvalue weighted by atomic mass is 9.91. The van der Waals surface area contributed by atoms with Gasteiger partial charge in [0.05, 0.1) is 18.6 Å². The van der Waals surface area contributed by atoms with E-state index in [-0.39, 0.29) is 35.0 Å². The van der Waals surface area contributed by atoms with E-state index in [1.54, 1.807) is 6.92 Å². The summed E-state index contributed by atoms with van der Waals surface area (Å²) >= 11 is 0. The first-order chi connectivity index (χ1) is 16.0. The first-order valence-electron chi connectivity index (χ1n) is 11.9. The van der Waals surface area contributed by atoms with E-state index in [1.165, 1.54) is 18.7 Å². The fraction of sp³-hybridized carbons (Fsp3) is 0.500. The predicted octanol–water partition coefficient (Wildman–Crippen LogP) is 6.41. The highest BCUT2D eigenvalue weighted by Crippen LogP contribution is 2.44. The number of fused-ring (bicyclic) bond motifs is 1. The highest BCUT2D eigenvalue weighted by molar-refractivity contribution is 6.11. The Bertz CT molecular complexity index is 1150. The van der Waals surface area contributed by atoms with Gasteiger partial charge in [-0.25, -0.2) is 4.79 Å². The largest absolute Gasteiger partial charge is 0.507 e. The molecule has 0 aliphatic rings. The van der Waals surface area contributed by atoms with E-state index in [9.17, 15) is 19.8 Å². The molecule has 34 heavy (non-hydrogen) atoms. The van der Waals surface area contributed by atoms with Crippen molar-refractivity contribution in [2.24, 2.45) is 5.92 Å². The average molecular weight is 471 g/mol. The van der Waals surface area contributed by atoms with Crippen LogP contribution in [0.15, 0.2) is 38.6 Å². The summed E-state index contributed by atoms with van der Waals surface area (Å²) in [5.74, 6) is -0.222.